The van der Waals surface area contributed by atoms with Gasteiger partial charge in [0.15, 0.2) is 0 Å². The predicted octanol–water partition coefficient (Wildman–Crippen LogP) is 1.46. The number of nitrogens with zero attached hydrogens (tertiary/aromatic N) is 1. The first-order valence-electron chi connectivity index (χ1n) is 6.19. The molecule has 0 radical (unpaired) electrons. The molecule has 1 aromatic carbocycles. The summed E-state index contributed by atoms with van der Waals surface area (Å²) >= 11 is 0. The van der Waals surface area contributed by atoms with Crippen molar-refractivity contribution in [3.05, 3.63) is 29.8 Å². The van der Waals surface area contributed by atoms with Crippen LogP contribution in [0.25, 0.3) is 0 Å². The van der Waals surface area contributed by atoms with Gasteiger partial charge in [0.25, 0.3) is 5.91 Å². The maximum atomic E-state index is 11.8. The first kappa shape index (κ1) is 15.8. The quantitative estimate of drug-likeness (QED) is 0.610. The lowest BCUT2D eigenvalue weighted by Gasteiger charge is -2.07. The SMILES string of the molecule is COCC(=O)N/N=C(\C)CC(=O)Nc1ccccc1C. The minimum absolute atomic E-state index is 0.0633. The molecule has 2 amide bonds. The summed E-state index contributed by atoms with van der Waals surface area (Å²) < 4.78 is 4.65. The summed E-state index contributed by atoms with van der Waals surface area (Å²) in [6.45, 7) is 3.53. The van der Waals surface area contributed by atoms with Gasteiger partial charge in [0.1, 0.15) is 6.61 Å². The smallest absolute Gasteiger partial charge is 0.266 e. The minimum Gasteiger partial charge on any atom is -0.375 e. The summed E-state index contributed by atoms with van der Waals surface area (Å²) in [7, 11) is 1.42. The van der Waals surface area contributed by atoms with Gasteiger partial charge in [0, 0.05) is 18.5 Å². The number of carbonyl (C=O) groups excluding carboxylic acids is 2. The maximum Gasteiger partial charge on any atom is 0.266 e. The van der Waals surface area contributed by atoms with Gasteiger partial charge < -0.3 is 10.1 Å². The van der Waals surface area contributed by atoms with Crippen LogP contribution in [0.15, 0.2) is 29.4 Å². The Labute approximate surface area is 118 Å². The van der Waals surface area contributed by atoms with Gasteiger partial charge in [-0.15, -0.1) is 0 Å². The third kappa shape index (κ3) is 5.62. The number of hydrogen-bond donors (Lipinski definition) is 2. The molecule has 0 fully saturated rings. The molecule has 108 valence electrons. The Morgan fingerprint density at radius 1 is 1.25 bits per heavy atom. The number of carbonyl (C=O) groups is 2. The van der Waals surface area contributed by atoms with E-state index in [1.165, 1.54) is 7.11 Å². The summed E-state index contributed by atoms with van der Waals surface area (Å²) in [6.07, 6.45) is 0.113. The van der Waals surface area contributed by atoms with Crippen molar-refractivity contribution >= 4 is 23.2 Å². The van der Waals surface area contributed by atoms with E-state index in [0.29, 0.717) is 5.71 Å². The maximum absolute atomic E-state index is 11.8. The zero-order valence-electron chi connectivity index (χ0n) is 11.9. The number of hydrazone groups is 1. The Morgan fingerprint density at radius 3 is 2.60 bits per heavy atom. The Bertz CT molecular complexity index is 512. The highest BCUT2D eigenvalue weighted by molar-refractivity contribution is 6.05. The summed E-state index contributed by atoms with van der Waals surface area (Å²) in [5.41, 5.74) is 4.58. The largest absolute Gasteiger partial charge is 0.375 e. The third-order valence-electron chi connectivity index (χ3n) is 2.48. The van der Waals surface area contributed by atoms with E-state index in [2.05, 4.69) is 20.6 Å². The van der Waals surface area contributed by atoms with E-state index in [9.17, 15) is 9.59 Å². The van der Waals surface area contributed by atoms with Crippen molar-refractivity contribution in [1.82, 2.24) is 5.43 Å². The lowest BCUT2D eigenvalue weighted by molar-refractivity contribution is -0.124. The highest BCUT2D eigenvalue weighted by atomic mass is 16.5. The summed E-state index contributed by atoms with van der Waals surface area (Å²) in [5.74, 6) is -0.535. The lowest BCUT2D eigenvalue weighted by Crippen LogP contribution is -2.24. The van der Waals surface area contributed by atoms with Gasteiger partial charge >= 0.3 is 0 Å². The highest BCUT2D eigenvalue weighted by Crippen LogP contribution is 2.13. The van der Waals surface area contributed by atoms with Crippen molar-refractivity contribution in [2.24, 2.45) is 5.10 Å². The number of benzene rings is 1. The molecule has 0 bridgehead atoms. The van der Waals surface area contributed by atoms with E-state index in [4.69, 9.17) is 0 Å². The van der Waals surface area contributed by atoms with Crippen LogP contribution in [0.3, 0.4) is 0 Å². The van der Waals surface area contributed by atoms with E-state index >= 15 is 0 Å². The van der Waals surface area contributed by atoms with Crippen LogP contribution in [0.5, 0.6) is 0 Å². The van der Waals surface area contributed by atoms with Crippen LogP contribution in [0, 0.1) is 6.92 Å². The molecule has 20 heavy (non-hydrogen) atoms. The molecule has 1 aromatic rings. The molecule has 0 spiro atoms. The Balaban J connectivity index is 2.48. The molecule has 0 saturated carbocycles. The first-order valence-corrected chi connectivity index (χ1v) is 6.19. The Morgan fingerprint density at radius 2 is 1.95 bits per heavy atom. The van der Waals surface area contributed by atoms with Gasteiger partial charge in [0.05, 0.1) is 6.42 Å². The van der Waals surface area contributed by atoms with Crippen molar-refractivity contribution < 1.29 is 14.3 Å². The van der Waals surface area contributed by atoms with Crippen molar-refractivity contribution in [3.63, 3.8) is 0 Å². The fourth-order valence-corrected chi connectivity index (χ4v) is 1.50. The van der Waals surface area contributed by atoms with Crippen molar-refractivity contribution in [2.75, 3.05) is 19.0 Å². The Kier molecular flexibility index (Phi) is 6.39. The first-order chi connectivity index (χ1) is 9.52. The van der Waals surface area contributed by atoms with E-state index in [1.54, 1.807) is 6.92 Å². The number of anilines is 1. The van der Waals surface area contributed by atoms with Crippen molar-refractivity contribution in [2.45, 2.75) is 20.3 Å². The fraction of sp³-hybridized carbons (Fsp3) is 0.357. The van der Waals surface area contributed by atoms with Gasteiger partial charge in [-0.1, -0.05) is 18.2 Å². The number of ether oxygens (including phenoxy) is 1. The van der Waals surface area contributed by atoms with Gasteiger partial charge in [-0.2, -0.15) is 5.10 Å². The number of nitrogens with one attached hydrogen (secondary N) is 2. The molecule has 0 aliphatic carbocycles. The van der Waals surface area contributed by atoms with E-state index < -0.39 is 0 Å². The molecule has 6 heteroatoms. The molecule has 6 nitrogen and oxygen atoms in total. The van der Waals surface area contributed by atoms with Crippen molar-refractivity contribution in [3.8, 4) is 0 Å². The second kappa shape index (κ2) is 8.06. The van der Waals surface area contributed by atoms with Gasteiger partial charge in [0.2, 0.25) is 5.91 Å². The molecule has 0 aliphatic heterocycles. The average Bonchev–Trinajstić information content (AvgIpc) is 2.39. The summed E-state index contributed by atoms with van der Waals surface area (Å²) in [4.78, 5) is 22.9. The molecule has 0 atom stereocenters. The topological polar surface area (TPSA) is 79.8 Å². The van der Waals surface area contributed by atoms with Crippen LogP contribution in [0.2, 0.25) is 0 Å². The molecule has 0 unspecified atom stereocenters. The zero-order chi connectivity index (χ0) is 15.0. The van der Waals surface area contributed by atoms with Crippen LogP contribution in [-0.2, 0) is 14.3 Å². The van der Waals surface area contributed by atoms with Gasteiger partial charge in [-0.3, -0.25) is 9.59 Å². The number of amides is 2. The van der Waals surface area contributed by atoms with E-state index in [1.807, 2.05) is 31.2 Å². The van der Waals surface area contributed by atoms with Crippen LogP contribution in [0.4, 0.5) is 5.69 Å². The monoisotopic (exact) mass is 277 g/mol. The molecule has 0 aromatic heterocycles. The molecule has 0 saturated heterocycles. The van der Waals surface area contributed by atoms with Crippen LogP contribution < -0.4 is 10.7 Å². The molecule has 2 N–H and O–H groups in total. The second-order valence-corrected chi connectivity index (χ2v) is 4.35. The van der Waals surface area contributed by atoms with Gasteiger partial charge in [-0.05, 0) is 25.5 Å². The van der Waals surface area contributed by atoms with Gasteiger partial charge in [-0.25, -0.2) is 5.43 Å². The molecule has 0 aliphatic rings. The number of methoxy groups -OCH3 is 1. The zero-order valence-corrected chi connectivity index (χ0v) is 11.9. The number of para-hydroxylation sites is 1. The molecular formula is C14H19N3O3. The molecular weight excluding hydrogens is 258 g/mol. The normalized spacial score (nSPS) is 11.1. The number of hydrogen-bond acceptors (Lipinski definition) is 4. The van der Waals surface area contributed by atoms with E-state index in [-0.39, 0.29) is 24.8 Å². The fourth-order valence-electron chi connectivity index (χ4n) is 1.50. The van der Waals surface area contributed by atoms with E-state index in [0.717, 1.165) is 11.3 Å². The highest BCUT2D eigenvalue weighted by Gasteiger charge is 2.06. The van der Waals surface area contributed by atoms with Crippen molar-refractivity contribution in [1.29, 1.82) is 0 Å². The minimum atomic E-state index is -0.355. The lowest BCUT2D eigenvalue weighted by atomic mass is 10.2. The Hall–Kier alpha value is -2.21. The standard InChI is InChI=1S/C14H19N3O3/c1-10-6-4-5-7-12(10)15-13(18)8-11(2)16-17-14(19)9-20-3/h4-7H,8-9H2,1-3H3,(H,15,18)(H,17,19)/b16-11+. The predicted molar refractivity (Wildman–Crippen MR) is 77.6 cm³/mol. The number of aryl methyl sites for hydroxylation is 1. The average molecular weight is 277 g/mol. The molecule has 0 heterocycles. The molecule has 1 rings (SSSR count). The van der Waals surface area contributed by atoms with Crippen LogP contribution >= 0.6 is 0 Å². The second-order valence-electron chi connectivity index (χ2n) is 4.35. The summed E-state index contributed by atoms with van der Waals surface area (Å²) in [6, 6.07) is 7.51. The van der Waals surface area contributed by atoms with Crippen LogP contribution in [-0.4, -0.2) is 31.2 Å². The van der Waals surface area contributed by atoms with Crippen LogP contribution in [0.1, 0.15) is 18.9 Å². The summed E-state index contributed by atoms with van der Waals surface area (Å²) in [5, 5.41) is 6.62. The number of rotatable bonds is 6. The third-order valence-corrected chi connectivity index (χ3v) is 2.48.